The summed E-state index contributed by atoms with van der Waals surface area (Å²) in [7, 11) is -1.25. The summed E-state index contributed by atoms with van der Waals surface area (Å²) in [4.78, 5) is 0. The SMILES string of the molecule is COc1ccc(CNCc2c(C)nn(C3CCS(=O)(=O)C3)c2C)cc1. The summed E-state index contributed by atoms with van der Waals surface area (Å²) in [5.74, 6) is 1.32. The second kappa shape index (κ2) is 7.17. The van der Waals surface area contributed by atoms with Gasteiger partial charge in [0.1, 0.15) is 5.75 Å². The predicted octanol–water partition coefficient (Wildman–Crippen LogP) is 2.16. The third-order valence-electron chi connectivity index (χ3n) is 4.82. The van der Waals surface area contributed by atoms with Crippen LogP contribution < -0.4 is 10.1 Å². The minimum absolute atomic E-state index is 0.0287. The average molecular weight is 363 g/mol. The molecule has 1 aliphatic heterocycles. The van der Waals surface area contributed by atoms with Crippen LogP contribution in [-0.4, -0.2) is 36.8 Å². The van der Waals surface area contributed by atoms with E-state index < -0.39 is 9.84 Å². The van der Waals surface area contributed by atoms with Crippen LogP contribution in [-0.2, 0) is 22.9 Å². The Balaban J connectivity index is 1.64. The summed E-state index contributed by atoms with van der Waals surface area (Å²) in [5, 5.41) is 8.05. The minimum atomic E-state index is -2.91. The van der Waals surface area contributed by atoms with Gasteiger partial charge in [0, 0.05) is 24.3 Å². The molecule has 1 atom stereocenters. The molecule has 2 heterocycles. The molecular formula is C18H25N3O3S. The van der Waals surface area contributed by atoms with Gasteiger partial charge in [0.15, 0.2) is 9.84 Å². The molecule has 0 bridgehead atoms. The number of aryl methyl sites for hydroxylation is 1. The molecule has 25 heavy (non-hydrogen) atoms. The van der Waals surface area contributed by atoms with Crippen molar-refractivity contribution in [1.82, 2.24) is 15.1 Å². The van der Waals surface area contributed by atoms with Gasteiger partial charge >= 0.3 is 0 Å². The van der Waals surface area contributed by atoms with Crippen LogP contribution >= 0.6 is 0 Å². The van der Waals surface area contributed by atoms with Gasteiger partial charge < -0.3 is 10.1 Å². The Morgan fingerprint density at radius 3 is 2.56 bits per heavy atom. The van der Waals surface area contributed by atoms with Gasteiger partial charge in [-0.25, -0.2) is 8.42 Å². The van der Waals surface area contributed by atoms with Crippen molar-refractivity contribution in [3.8, 4) is 5.75 Å². The lowest BCUT2D eigenvalue weighted by molar-refractivity contribution is 0.414. The van der Waals surface area contributed by atoms with Gasteiger partial charge in [-0.15, -0.1) is 0 Å². The molecule has 1 aliphatic rings. The van der Waals surface area contributed by atoms with E-state index in [9.17, 15) is 8.42 Å². The van der Waals surface area contributed by atoms with E-state index in [1.165, 1.54) is 5.56 Å². The Morgan fingerprint density at radius 2 is 1.96 bits per heavy atom. The lowest BCUT2D eigenvalue weighted by Gasteiger charge is -2.12. The molecule has 1 unspecified atom stereocenters. The Labute approximate surface area is 149 Å². The Hall–Kier alpha value is -1.86. The van der Waals surface area contributed by atoms with E-state index in [0.29, 0.717) is 13.0 Å². The third kappa shape index (κ3) is 4.04. The van der Waals surface area contributed by atoms with Crippen LogP contribution in [0.2, 0.25) is 0 Å². The maximum atomic E-state index is 11.7. The van der Waals surface area contributed by atoms with Gasteiger partial charge in [-0.3, -0.25) is 4.68 Å². The van der Waals surface area contributed by atoms with Crippen molar-refractivity contribution < 1.29 is 13.2 Å². The molecule has 1 N–H and O–H groups in total. The molecule has 7 heteroatoms. The Kier molecular flexibility index (Phi) is 5.15. The normalized spacial score (nSPS) is 19.2. The number of sulfone groups is 1. The van der Waals surface area contributed by atoms with Crippen LogP contribution in [0.15, 0.2) is 24.3 Å². The van der Waals surface area contributed by atoms with E-state index in [-0.39, 0.29) is 17.5 Å². The smallest absolute Gasteiger partial charge is 0.152 e. The molecule has 1 saturated heterocycles. The molecule has 3 rings (SSSR count). The Bertz CT molecular complexity index is 841. The third-order valence-corrected chi connectivity index (χ3v) is 6.57. The molecule has 136 valence electrons. The highest BCUT2D eigenvalue weighted by Gasteiger charge is 2.31. The predicted molar refractivity (Wildman–Crippen MR) is 97.5 cm³/mol. The standard InChI is InChI=1S/C18H25N3O3S/c1-13-18(11-19-10-15-4-6-17(24-3)7-5-15)14(2)21(20-13)16-8-9-25(22,23)12-16/h4-7,16,19H,8-12H2,1-3H3. The summed E-state index contributed by atoms with van der Waals surface area (Å²) in [6.07, 6.45) is 0.656. The lowest BCUT2D eigenvalue weighted by Crippen LogP contribution is -2.16. The van der Waals surface area contributed by atoms with Crippen LogP contribution in [0.25, 0.3) is 0 Å². The number of nitrogens with zero attached hydrogens (tertiary/aromatic N) is 2. The molecule has 0 amide bonds. The zero-order valence-electron chi connectivity index (χ0n) is 14.9. The van der Waals surface area contributed by atoms with Gasteiger partial charge in [0.2, 0.25) is 0 Å². The summed E-state index contributed by atoms with van der Waals surface area (Å²) in [6.45, 7) is 5.47. The second-order valence-corrected chi connectivity index (χ2v) is 8.83. The van der Waals surface area contributed by atoms with Crippen LogP contribution in [0.1, 0.15) is 35.0 Å². The number of ether oxygens (including phenoxy) is 1. The fraction of sp³-hybridized carbons (Fsp3) is 0.500. The molecular weight excluding hydrogens is 338 g/mol. The van der Waals surface area contributed by atoms with Crippen molar-refractivity contribution >= 4 is 9.84 Å². The number of benzene rings is 1. The van der Waals surface area contributed by atoms with E-state index in [2.05, 4.69) is 10.4 Å². The highest BCUT2D eigenvalue weighted by molar-refractivity contribution is 7.91. The quantitative estimate of drug-likeness (QED) is 0.851. The maximum absolute atomic E-state index is 11.7. The number of methoxy groups -OCH3 is 1. The average Bonchev–Trinajstić information content (AvgIpc) is 3.08. The van der Waals surface area contributed by atoms with E-state index >= 15 is 0 Å². The maximum Gasteiger partial charge on any atom is 0.152 e. The van der Waals surface area contributed by atoms with Crippen LogP contribution in [0.4, 0.5) is 0 Å². The van der Waals surface area contributed by atoms with Crippen LogP contribution in [0, 0.1) is 13.8 Å². The van der Waals surface area contributed by atoms with Crippen molar-refractivity contribution in [2.24, 2.45) is 0 Å². The summed E-state index contributed by atoms with van der Waals surface area (Å²) < 4.78 is 30.5. The van der Waals surface area contributed by atoms with Crippen LogP contribution in [0.5, 0.6) is 5.75 Å². The molecule has 0 aliphatic carbocycles. The molecule has 1 aromatic carbocycles. The number of aromatic nitrogens is 2. The number of rotatable bonds is 6. The number of nitrogens with one attached hydrogen (secondary N) is 1. The molecule has 1 fully saturated rings. The first-order chi connectivity index (χ1) is 11.9. The molecule has 0 saturated carbocycles. The van der Waals surface area contributed by atoms with Gasteiger partial charge in [0.25, 0.3) is 0 Å². The minimum Gasteiger partial charge on any atom is -0.497 e. The summed E-state index contributed by atoms with van der Waals surface area (Å²) in [6, 6.07) is 7.95. The summed E-state index contributed by atoms with van der Waals surface area (Å²) in [5.41, 5.74) is 4.36. The first-order valence-corrected chi connectivity index (χ1v) is 10.3. The first kappa shape index (κ1) is 17.9. The van der Waals surface area contributed by atoms with Gasteiger partial charge in [0.05, 0.1) is 30.4 Å². The molecule has 2 aromatic rings. The largest absolute Gasteiger partial charge is 0.497 e. The monoisotopic (exact) mass is 363 g/mol. The lowest BCUT2D eigenvalue weighted by atomic mass is 10.1. The van der Waals surface area contributed by atoms with Crippen LogP contribution in [0.3, 0.4) is 0 Å². The fourth-order valence-electron chi connectivity index (χ4n) is 3.35. The van der Waals surface area contributed by atoms with E-state index in [0.717, 1.165) is 29.2 Å². The highest BCUT2D eigenvalue weighted by atomic mass is 32.2. The van der Waals surface area contributed by atoms with Crippen molar-refractivity contribution in [2.45, 2.75) is 39.4 Å². The van der Waals surface area contributed by atoms with Crippen molar-refractivity contribution in [3.63, 3.8) is 0 Å². The number of hydrogen-bond donors (Lipinski definition) is 1. The molecule has 1 aromatic heterocycles. The molecule has 0 spiro atoms. The van der Waals surface area contributed by atoms with Crippen molar-refractivity contribution in [1.29, 1.82) is 0 Å². The van der Waals surface area contributed by atoms with E-state index in [1.54, 1.807) is 7.11 Å². The van der Waals surface area contributed by atoms with Gasteiger partial charge in [-0.1, -0.05) is 12.1 Å². The van der Waals surface area contributed by atoms with E-state index in [4.69, 9.17) is 4.74 Å². The zero-order valence-corrected chi connectivity index (χ0v) is 15.8. The molecule has 6 nitrogen and oxygen atoms in total. The second-order valence-electron chi connectivity index (χ2n) is 6.60. The van der Waals surface area contributed by atoms with Crippen molar-refractivity contribution in [2.75, 3.05) is 18.6 Å². The zero-order chi connectivity index (χ0) is 18.0. The van der Waals surface area contributed by atoms with E-state index in [1.807, 2.05) is 42.8 Å². The first-order valence-electron chi connectivity index (χ1n) is 8.48. The van der Waals surface area contributed by atoms with Crippen molar-refractivity contribution in [3.05, 3.63) is 46.8 Å². The topological polar surface area (TPSA) is 73.2 Å². The fourth-order valence-corrected chi connectivity index (χ4v) is 5.04. The molecule has 0 radical (unpaired) electrons. The highest BCUT2D eigenvalue weighted by Crippen LogP contribution is 2.26. The Morgan fingerprint density at radius 1 is 1.24 bits per heavy atom. The van der Waals surface area contributed by atoms with Gasteiger partial charge in [-0.2, -0.15) is 5.10 Å². The number of hydrogen-bond acceptors (Lipinski definition) is 5. The summed E-state index contributed by atoms with van der Waals surface area (Å²) >= 11 is 0. The van der Waals surface area contributed by atoms with Gasteiger partial charge in [-0.05, 0) is 38.0 Å².